The maximum atomic E-state index is 13.7. The Kier molecular flexibility index (Phi) is 6.08. The largest absolute Gasteiger partial charge is 0.416 e. The fourth-order valence-corrected chi connectivity index (χ4v) is 6.35. The summed E-state index contributed by atoms with van der Waals surface area (Å²) < 4.78 is 83.6. The lowest BCUT2D eigenvalue weighted by Gasteiger charge is -2.21. The fraction of sp³-hybridized carbons (Fsp3) is 0.0741. The van der Waals surface area contributed by atoms with Gasteiger partial charge >= 0.3 is 12.4 Å². The zero-order valence-electron chi connectivity index (χ0n) is 18.4. The lowest BCUT2D eigenvalue weighted by molar-refractivity contribution is -0.143. The summed E-state index contributed by atoms with van der Waals surface area (Å²) in [6, 6.07) is 26.9. The first-order valence-corrected chi connectivity index (χ1v) is 12.1. The quantitative estimate of drug-likeness (QED) is 0.190. The standard InChI is InChI=1S/C27H17F6N2P/c28-26(29,30)18-15-19(27(31,32)33)17-20(16-18)35-24-14-8-7-13-23(24)34-25(35)36(21-9-3-1-4-10-21)22-11-5-2-6-12-22/h1-17H. The summed E-state index contributed by atoms with van der Waals surface area (Å²) in [4.78, 5) is 4.76. The molecule has 9 heteroatoms. The van der Waals surface area contributed by atoms with Crippen molar-refractivity contribution in [3.05, 3.63) is 114 Å². The second-order valence-electron chi connectivity index (χ2n) is 8.01. The van der Waals surface area contributed by atoms with E-state index in [4.69, 9.17) is 4.98 Å². The van der Waals surface area contributed by atoms with Gasteiger partial charge in [-0.25, -0.2) is 4.98 Å². The van der Waals surface area contributed by atoms with Crippen LogP contribution in [0.3, 0.4) is 0 Å². The van der Waals surface area contributed by atoms with Crippen LogP contribution in [-0.2, 0) is 12.4 Å². The van der Waals surface area contributed by atoms with Crippen LogP contribution < -0.4 is 16.2 Å². The van der Waals surface area contributed by atoms with Crippen LogP contribution in [0.15, 0.2) is 103 Å². The van der Waals surface area contributed by atoms with Gasteiger partial charge < -0.3 is 0 Å². The van der Waals surface area contributed by atoms with Crippen LogP contribution in [0, 0.1) is 0 Å². The first kappa shape index (κ1) is 24.1. The Labute approximate surface area is 203 Å². The predicted molar refractivity (Wildman–Crippen MR) is 130 cm³/mol. The zero-order valence-corrected chi connectivity index (χ0v) is 19.3. The molecule has 182 valence electrons. The van der Waals surface area contributed by atoms with Gasteiger partial charge in [-0.3, -0.25) is 4.57 Å². The molecule has 0 amide bonds. The summed E-state index contributed by atoms with van der Waals surface area (Å²) >= 11 is 0. The van der Waals surface area contributed by atoms with Crippen molar-refractivity contribution < 1.29 is 26.3 Å². The molecule has 1 heterocycles. The number of aromatic nitrogens is 2. The Morgan fingerprint density at radius 3 is 1.56 bits per heavy atom. The molecular weight excluding hydrogens is 497 g/mol. The first-order valence-electron chi connectivity index (χ1n) is 10.8. The number of hydrogen-bond donors (Lipinski definition) is 0. The van der Waals surface area contributed by atoms with Crippen molar-refractivity contribution in [2.45, 2.75) is 12.4 Å². The number of fused-ring (bicyclic) bond motifs is 1. The van der Waals surface area contributed by atoms with E-state index >= 15 is 0 Å². The maximum absolute atomic E-state index is 13.7. The smallest absolute Gasteiger partial charge is 0.292 e. The van der Waals surface area contributed by atoms with Crippen molar-refractivity contribution in [1.29, 1.82) is 0 Å². The van der Waals surface area contributed by atoms with Gasteiger partial charge in [0, 0.05) is 13.6 Å². The minimum atomic E-state index is -4.96. The molecule has 0 aliphatic heterocycles. The van der Waals surface area contributed by atoms with Gasteiger partial charge in [0.1, 0.15) is 5.57 Å². The lowest BCUT2D eigenvalue weighted by atomic mass is 10.1. The van der Waals surface area contributed by atoms with Crippen molar-refractivity contribution in [3.8, 4) is 5.69 Å². The highest BCUT2D eigenvalue weighted by Gasteiger charge is 2.37. The van der Waals surface area contributed by atoms with Gasteiger partial charge in [0.05, 0.1) is 22.2 Å². The Hall–Kier alpha value is -3.64. The summed E-state index contributed by atoms with van der Waals surface area (Å²) in [5, 5.41) is 1.72. The molecule has 5 rings (SSSR count). The second kappa shape index (κ2) is 9.10. The van der Waals surface area contributed by atoms with Crippen molar-refractivity contribution in [2.24, 2.45) is 0 Å². The van der Waals surface area contributed by atoms with Crippen molar-refractivity contribution in [2.75, 3.05) is 0 Å². The first-order chi connectivity index (χ1) is 17.1. The molecule has 0 saturated carbocycles. The molecule has 0 aliphatic carbocycles. The van der Waals surface area contributed by atoms with Crippen LogP contribution in [-0.4, -0.2) is 9.55 Å². The molecule has 4 aromatic carbocycles. The van der Waals surface area contributed by atoms with E-state index in [2.05, 4.69) is 0 Å². The second-order valence-corrected chi connectivity index (χ2v) is 10.1. The summed E-state index contributed by atoms with van der Waals surface area (Å²) in [7, 11) is -1.42. The highest BCUT2D eigenvalue weighted by Crippen LogP contribution is 2.39. The predicted octanol–water partition coefficient (Wildman–Crippen LogP) is 6.82. The van der Waals surface area contributed by atoms with Gasteiger partial charge in [0.2, 0.25) is 0 Å². The molecule has 0 unspecified atom stereocenters. The average molecular weight is 514 g/mol. The minimum Gasteiger partial charge on any atom is -0.292 e. The Balaban J connectivity index is 1.86. The molecule has 36 heavy (non-hydrogen) atoms. The molecule has 0 atom stereocenters. The number of nitrogens with zero attached hydrogens (tertiary/aromatic N) is 2. The molecule has 0 spiro atoms. The molecule has 0 aliphatic rings. The van der Waals surface area contributed by atoms with Crippen molar-refractivity contribution >= 4 is 35.1 Å². The van der Waals surface area contributed by atoms with E-state index in [-0.39, 0.29) is 11.8 Å². The van der Waals surface area contributed by atoms with E-state index in [1.807, 2.05) is 60.7 Å². The molecule has 1 aromatic heterocycles. The molecule has 0 radical (unpaired) electrons. The lowest BCUT2D eigenvalue weighted by Crippen LogP contribution is -2.27. The molecule has 5 aromatic rings. The molecule has 0 saturated heterocycles. The summed E-state index contributed by atoms with van der Waals surface area (Å²) in [6.45, 7) is 0. The van der Waals surface area contributed by atoms with Crippen molar-refractivity contribution in [3.63, 3.8) is 0 Å². The number of para-hydroxylation sites is 2. The van der Waals surface area contributed by atoms with Crippen LogP contribution in [0.5, 0.6) is 0 Å². The molecule has 0 bridgehead atoms. The Morgan fingerprint density at radius 2 is 1.06 bits per heavy atom. The number of alkyl halides is 6. The van der Waals surface area contributed by atoms with Gasteiger partial charge in [0.25, 0.3) is 0 Å². The molecule has 2 nitrogen and oxygen atoms in total. The summed E-state index contributed by atoms with van der Waals surface area (Å²) in [6.07, 6.45) is -9.92. The van der Waals surface area contributed by atoms with E-state index in [1.165, 1.54) is 4.57 Å². The third-order valence-electron chi connectivity index (χ3n) is 5.60. The van der Waals surface area contributed by atoms with Gasteiger partial charge in [0.15, 0.2) is 0 Å². The maximum Gasteiger partial charge on any atom is 0.416 e. The Bertz CT molecular complexity index is 1440. The number of halogens is 6. The van der Waals surface area contributed by atoms with Gasteiger partial charge in [-0.15, -0.1) is 0 Å². The van der Waals surface area contributed by atoms with E-state index in [1.54, 1.807) is 24.3 Å². The van der Waals surface area contributed by atoms with E-state index < -0.39 is 31.4 Å². The number of rotatable bonds is 4. The van der Waals surface area contributed by atoms with E-state index in [9.17, 15) is 26.3 Å². The minimum absolute atomic E-state index is 0.138. The van der Waals surface area contributed by atoms with Crippen LogP contribution in [0.1, 0.15) is 11.1 Å². The topological polar surface area (TPSA) is 17.8 Å². The highest BCUT2D eigenvalue weighted by molar-refractivity contribution is 7.79. The van der Waals surface area contributed by atoms with Gasteiger partial charge in [-0.05, 0) is 40.9 Å². The van der Waals surface area contributed by atoms with Crippen LogP contribution in [0.25, 0.3) is 16.7 Å². The average Bonchev–Trinajstić information content (AvgIpc) is 3.23. The van der Waals surface area contributed by atoms with E-state index in [0.29, 0.717) is 16.6 Å². The zero-order chi connectivity index (χ0) is 25.5. The molecular formula is C27H17F6N2P. The van der Waals surface area contributed by atoms with E-state index in [0.717, 1.165) is 22.7 Å². The SMILES string of the molecule is FC(F)(F)c1cc(-n2c(P(c3ccccc3)c3ccccc3)nc3ccccc32)cc(C(F)(F)F)c1. The molecule has 0 fully saturated rings. The summed E-state index contributed by atoms with van der Waals surface area (Å²) in [5.74, 6) is 0. The third-order valence-corrected chi connectivity index (χ3v) is 7.93. The number of hydrogen-bond acceptors (Lipinski definition) is 1. The van der Waals surface area contributed by atoms with Gasteiger partial charge in [-0.1, -0.05) is 72.8 Å². The Morgan fingerprint density at radius 1 is 0.583 bits per heavy atom. The van der Waals surface area contributed by atoms with Gasteiger partial charge in [-0.2, -0.15) is 26.3 Å². The normalized spacial score (nSPS) is 12.4. The van der Waals surface area contributed by atoms with Crippen LogP contribution >= 0.6 is 7.92 Å². The fourth-order valence-electron chi connectivity index (χ4n) is 4.02. The summed E-state index contributed by atoms with van der Waals surface area (Å²) in [5.41, 5.74) is -1.74. The highest BCUT2D eigenvalue weighted by atomic mass is 31.1. The van der Waals surface area contributed by atoms with Crippen LogP contribution in [0.2, 0.25) is 0 Å². The monoisotopic (exact) mass is 514 g/mol. The number of benzene rings is 4. The number of imidazole rings is 1. The third kappa shape index (κ3) is 4.61. The van der Waals surface area contributed by atoms with Crippen LogP contribution in [0.4, 0.5) is 26.3 Å². The molecule has 0 N–H and O–H groups in total. The van der Waals surface area contributed by atoms with Crippen molar-refractivity contribution in [1.82, 2.24) is 9.55 Å².